The Morgan fingerprint density at radius 3 is 2.50 bits per heavy atom. The van der Waals surface area contributed by atoms with Crippen molar-refractivity contribution >= 4 is 12.1 Å². The second kappa shape index (κ2) is 3.18. The first-order chi connectivity index (χ1) is 3.66. The van der Waals surface area contributed by atoms with Gasteiger partial charge in [-0.1, -0.05) is 6.92 Å². The second-order valence-electron chi connectivity index (χ2n) is 1.87. The maximum atomic E-state index is 6.80. The van der Waals surface area contributed by atoms with E-state index in [9.17, 15) is 0 Å². The summed E-state index contributed by atoms with van der Waals surface area (Å²) in [7, 11) is 0. The Balaban J connectivity index is 3.38. The summed E-state index contributed by atoms with van der Waals surface area (Å²) in [5.41, 5.74) is 5.05. The van der Waals surface area contributed by atoms with Gasteiger partial charge in [0.05, 0.1) is 5.84 Å². The van der Waals surface area contributed by atoms with E-state index in [1.54, 1.807) is 0 Å². The number of hydrogen-bond donors (Lipinski definition) is 3. The summed E-state index contributed by atoms with van der Waals surface area (Å²) >= 11 is 0. The molecular formula is C5H11N3. The lowest BCUT2D eigenvalue weighted by molar-refractivity contribution is 0.822. The minimum Gasteiger partial charge on any atom is -0.388 e. The Labute approximate surface area is 48.9 Å². The molecule has 1 unspecified atom stereocenters. The molecule has 0 radical (unpaired) electrons. The van der Waals surface area contributed by atoms with Crippen molar-refractivity contribution in [1.82, 2.24) is 0 Å². The molecule has 0 aromatic heterocycles. The third-order valence-corrected chi connectivity index (χ3v) is 0.826. The molecule has 0 aromatic carbocycles. The smallest absolute Gasteiger partial charge is 0.0911 e. The lowest BCUT2D eigenvalue weighted by Crippen LogP contribution is -2.13. The van der Waals surface area contributed by atoms with Crippen molar-refractivity contribution in [2.45, 2.75) is 13.3 Å². The topological polar surface area (TPSA) is 73.7 Å². The van der Waals surface area contributed by atoms with Gasteiger partial charge in [0.2, 0.25) is 0 Å². The van der Waals surface area contributed by atoms with Crippen LogP contribution < -0.4 is 5.73 Å². The summed E-state index contributed by atoms with van der Waals surface area (Å²) in [6.45, 7) is 1.86. The van der Waals surface area contributed by atoms with Gasteiger partial charge in [0, 0.05) is 6.42 Å². The normalized spacial score (nSPS) is 12.6. The van der Waals surface area contributed by atoms with Crippen molar-refractivity contribution in [3.8, 4) is 0 Å². The van der Waals surface area contributed by atoms with Crippen LogP contribution in [0.5, 0.6) is 0 Å². The molecule has 1 atom stereocenters. The molecule has 3 heteroatoms. The first kappa shape index (κ1) is 7.14. The van der Waals surface area contributed by atoms with Crippen LogP contribution in [0.1, 0.15) is 13.3 Å². The average molecular weight is 113 g/mol. The van der Waals surface area contributed by atoms with Gasteiger partial charge in [0.25, 0.3) is 0 Å². The predicted octanol–water partition coefficient (Wildman–Crippen LogP) is 0.598. The Hall–Kier alpha value is -0.860. The fourth-order valence-electron chi connectivity index (χ4n) is 0.406. The largest absolute Gasteiger partial charge is 0.388 e. The summed E-state index contributed by atoms with van der Waals surface area (Å²) in [5, 5.41) is 13.5. The van der Waals surface area contributed by atoms with Crippen molar-refractivity contribution in [2.75, 3.05) is 0 Å². The van der Waals surface area contributed by atoms with Crippen LogP contribution in [0.3, 0.4) is 0 Å². The lowest BCUT2D eigenvalue weighted by Gasteiger charge is -1.99. The van der Waals surface area contributed by atoms with E-state index in [1.165, 1.54) is 6.21 Å². The minimum absolute atomic E-state index is 0.118. The van der Waals surface area contributed by atoms with Crippen LogP contribution in [0.4, 0.5) is 0 Å². The zero-order valence-corrected chi connectivity index (χ0v) is 4.94. The molecular weight excluding hydrogens is 102 g/mol. The van der Waals surface area contributed by atoms with Crippen molar-refractivity contribution in [3.05, 3.63) is 0 Å². The molecule has 0 rings (SSSR count). The molecule has 0 aromatic rings. The molecule has 0 fully saturated rings. The lowest BCUT2D eigenvalue weighted by atomic mass is 10.1. The fourth-order valence-corrected chi connectivity index (χ4v) is 0.406. The van der Waals surface area contributed by atoms with Crippen LogP contribution >= 0.6 is 0 Å². The molecule has 0 aliphatic carbocycles. The molecule has 46 valence electrons. The van der Waals surface area contributed by atoms with E-state index in [-0.39, 0.29) is 11.8 Å². The second-order valence-corrected chi connectivity index (χ2v) is 1.87. The molecule has 0 saturated carbocycles. The van der Waals surface area contributed by atoms with Gasteiger partial charge in [-0.2, -0.15) is 0 Å². The molecule has 0 bridgehead atoms. The number of amidine groups is 1. The summed E-state index contributed by atoms with van der Waals surface area (Å²) in [5.74, 6) is 0.272. The van der Waals surface area contributed by atoms with Crippen LogP contribution in [0.15, 0.2) is 0 Å². The van der Waals surface area contributed by atoms with E-state index in [1.807, 2.05) is 6.92 Å². The van der Waals surface area contributed by atoms with Crippen LogP contribution in [0.2, 0.25) is 0 Å². The number of rotatable bonds is 3. The predicted molar refractivity (Wildman–Crippen MR) is 34.5 cm³/mol. The molecule has 0 spiro atoms. The van der Waals surface area contributed by atoms with Gasteiger partial charge in [-0.05, 0) is 12.1 Å². The highest BCUT2D eigenvalue weighted by Crippen LogP contribution is 1.94. The Kier molecular flexibility index (Phi) is 2.84. The zero-order valence-electron chi connectivity index (χ0n) is 4.94. The molecule has 0 heterocycles. The first-order valence-corrected chi connectivity index (χ1v) is 2.50. The number of hydrogen-bond acceptors (Lipinski definition) is 2. The molecule has 0 saturated heterocycles. The third-order valence-electron chi connectivity index (χ3n) is 0.826. The highest BCUT2D eigenvalue weighted by Gasteiger charge is 1.96. The van der Waals surface area contributed by atoms with Gasteiger partial charge in [-0.3, -0.25) is 5.41 Å². The van der Waals surface area contributed by atoms with E-state index in [2.05, 4.69) is 0 Å². The van der Waals surface area contributed by atoms with E-state index in [0.717, 1.165) is 0 Å². The van der Waals surface area contributed by atoms with Gasteiger partial charge in [-0.15, -0.1) is 0 Å². The summed E-state index contributed by atoms with van der Waals surface area (Å²) < 4.78 is 0. The molecule has 8 heavy (non-hydrogen) atoms. The van der Waals surface area contributed by atoms with Crippen LogP contribution in [-0.4, -0.2) is 12.1 Å². The SMILES string of the molecule is CC(C=N)CC(=N)N. The van der Waals surface area contributed by atoms with E-state index < -0.39 is 0 Å². The number of nitrogens with two attached hydrogens (primary N) is 1. The van der Waals surface area contributed by atoms with E-state index in [0.29, 0.717) is 6.42 Å². The standard InChI is InChI=1S/C5H11N3/c1-4(3-6)2-5(7)8/h3-4,6H,2H2,1H3,(H3,7,8). The van der Waals surface area contributed by atoms with Crippen LogP contribution in [0.25, 0.3) is 0 Å². The molecule has 0 amide bonds. The maximum absolute atomic E-state index is 6.80. The van der Waals surface area contributed by atoms with Crippen molar-refractivity contribution in [3.63, 3.8) is 0 Å². The van der Waals surface area contributed by atoms with Crippen molar-refractivity contribution < 1.29 is 0 Å². The van der Waals surface area contributed by atoms with Crippen LogP contribution in [-0.2, 0) is 0 Å². The number of nitrogens with one attached hydrogen (secondary N) is 2. The molecule has 3 nitrogen and oxygen atoms in total. The zero-order chi connectivity index (χ0) is 6.57. The van der Waals surface area contributed by atoms with E-state index in [4.69, 9.17) is 16.6 Å². The third kappa shape index (κ3) is 3.33. The minimum atomic E-state index is 0.118. The van der Waals surface area contributed by atoms with E-state index >= 15 is 0 Å². The first-order valence-electron chi connectivity index (χ1n) is 2.50. The highest BCUT2D eigenvalue weighted by molar-refractivity contribution is 5.79. The molecule has 0 aliphatic rings. The van der Waals surface area contributed by atoms with Gasteiger partial charge in [0.1, 0.15) is 0 Å². The summed E-state index contributed by atoms with van der Waals surface area (Å²) in [6, 6.07) is 0. The summed E-state index contributed by atoms with van der Waals surface area (Å²) in [6.07, 6.45) is 1.80. The van der Waals surface area contributed by atoms with Gasteiger partial charge < -0.3 is 11.1 Å². The highest BCUT2D eigenvalue weighted by atomic mass is 14.7. The molecule has 4 N–H and O–H groups in total. The molecule has 0 aliphatic heterocycles. The summed E-state index contributed by atoms with van der Waals surface area (Å²) in [4.78, 5) is 0. The fraction of sp³-hybridized carbons (Fsp3) is 0.600. The maximum Gasteiger partial charge on any atom is 0.0911 e. The average Bonchev–Trinajstić information content (AvgIpc) is 1.65. The van der Waals surface area contributed by atoms with Gasteiger partial charge in [0.15, 0.2) is 0 Å². The van der Waals surface area contributed by atoms with Crippen LogP contribution in [0, 0.1) is 16.7 Å². The quantitative estimate of drug-likeness (QED) is 0.364. The Bertz CT molecular complexity index is 97.8. The van der Waals surface area contributed by atoms with Crippen molar-refractivity contribution in [1.29, 1.82) is 10.8 Å². The Morgan fingerprint density at radius 2 is 2.38 bits per heavy atom. The van der Waals surface area contributed by atoms with Gasteiger partial charge in [-0.25, -0.2) is 0 Å². The van der Waals surface area contributed by atoms with Gasteiger partial charge >= 0.3 is 0 Å². The Morgan fingerprint density at radius 1 is 1.88 bits per heavy atom. The monoisotopic (exact) mass is 113 g/mol. The van der Waals surface area contributed by atoms with Crippen molar-refractivity contribution in [2.24, 2.45) is 11.7 Å².